The van der Waals surface area contributed by atoms with Crippen LogP contribution in [0.5, 0.6) is 0 Å². The Kier molecular flexibility index (Phi) is 3.40. The van der Waals surface area contributed by atoms with E-state index in [9.17, 15) is 9.59 Å². The zero-order chi connectivity index (χ0) is 10.6. The van der Waals surface area contributed by atoms with Crippen LogP contribution in [0.25, 0.3) is 0 Å². The minimum Gasteiger partial charge on any atom is -0.349 e. The minimum atomic E-state index is -0.189. The molecule has 0 aromatic heterocycles. The van der Waals surface area contributed by atoms with Crippen LogP contribution in [-0.4, -0.2) is 18.2 Å². The van der Waals surface area contributed by atoms with Gasteiger partial charge in [0, 0.05) is 12.5 Å². The fourth-order valence-electron chi connectivity index (χ4n) is 1.05. The molecular weight excluding hydrogens is 178 g/mol. The SMILES string of the molecule is CC(=O)NCC(=O)c1ccc(C)cc1. The third-order valence-corrected chi connectivity index (χ3v) is 1.87. The number of hydrogen-bond acceptors (Lipinski definition) is 2. The summed E-state index contributed by atoms with van der Waals surface area (Å²) in [7, 11) is 0. The third kappa shape index (κ3) is 3.01. The predicted molar refractivity (Wildman–Crippen MR) is 54.2 cm³/mol. The monoisotopic (exact) mass is 191 g/mol. The maximum absolute atomic E-state index is 11.4. The van der Waals surface area contributed by atoms with Crippen LogP contribution in [0.1, 0.15) is 22.8 Å². The third-order valence-electron chi connectivity index (χ3n) is 1.87. The Hall–Kier alpha value is -1.64. The average Bonchev–Trinajstić information content (AvgIpc) is 2.15. The molecule has 1 rings (SSSR count). The van der Waals surface area contributed by atoms with Gasteiger partial charge in [-0.3, -0.25) is 9.59 Å². The fourth-order valence-corrected chi connectivity index (χ4v) is 1.05. The van der Waals surface area contributed by atoms with E-state index in [2.05, 4.69) is 5.32 Å². The molecule has 0 spiro atoms. The highest BCUT2D eigenvalue weighted by Gasteiger charge is 2.04. The molecule has 1 amide bonds. The molecule has 0 bridgehead atoms. The van der Waals surface area contributed by atoms with Crippen LogP contribution in [0.2, 0.25) is 0 Å². The van der Waals surface area contributed by atoms with Gasteiger partial charge in [-0.25, -0.2) is 0 Å². The lowest BCUT2D eigenvalue weighted by molar-refractivity contribution is -0.118. The van der Waals surface area contributed by atoms with Crippen molar-refractivity contribution in [1.29, 1.82) is 0 Å². The lowest BCUT2D eigenvalue weighted by Crippen LogP contribution is -2.27. The zero-order valence-corrected chi connectivity index (χ0v) is 8.33. The first-order chi connectivity index (χ1) is 6.59. The highest BCUT2D eigenvalue weighted by Crippen LogP contribution is 2.03. The van der Waals surface area contributed by atoms with Crippen LogP contribution in [0, 0.1) is 6.92 Å². The van der Waals surface area contributed by atoms with Gasteiger partial charge in [-0.1, -0.05) is 29.8 Å². The highest BCUT2D eigenvalue weighted by atomic mass is 16.2. The van der Waals surface area contributed by atoms with Gasteiger partial charge in [0.05, 0.1) is 6.54 Å². The van der Waals surface area contributed by atoms with E-state index in [1.807, 2.05) is 19.1 Å². The Bertz CT molecular complexity index is 341. The molecule has 1 aromatic carbocycles. The largest absolute Gasteiger partial charge is 0.349 e. The van der Waals surface area contributed by atoms with Crippen LogP contribution in [0.15, 0.2) is 24.3 Å². The Morgan fingerprint density at radius 1 is 1.21 bits per heavy atom. The summed E-state index contributed by atoms with van der Waals surface area (Å²) in [4.78, 5) is 22.0. The van der Waals surface area contributed by atoms with Crippen molar-refractivity contribution in [2.75, 3.05) is 6.54 Å². The summed E-state index contributed by atoms with van der Waals surface area (Å²) < 4.78 is 0. The number of amides is 1. The normalized spacial score (nSPS) is 9.57. The highest BCUT2D eigenvalue weighted by molar-refractivity contribution is 5.99. The molecule has 0 saturated heterocycles. The Balaban J connectivity index is 2.61. The van der Waals surface area contributed by atoms with Crippen molar-refractivity contribution in [2.24, 2.45) is 0 Å². The van der Waals surface area contributed by atoms with E-state index >= 15 is 0 Å². The predicted octanol–water partition coefficient (Wildman–Crippen LogP) is 1.31. The summed E-state index contributed by atoms with van der Waals surface area (Å²) in [5, 5.41) is 2.47. The van der Waals surface area contributed by atoms with E-state index in [0.29, 0.717) is 5.56 Å². The lowest BCUT2D eigenvalue weighted by Gasteiger charge is -2.01. The van der Waals surface area contributed by atoms with Crippen LogP contribution in [0.3, 0.4) is 0 Å². The summed E-state index contributed by atoms with van der Waals surface area (Å²) >= 11 is 0. The molecule has 0 fully saturated rings. The second-order valence-electron chi connectivity index (χ2n) is 3.20. The van der Waals surface area contributed by atoms with E-state index in [1.165, 1.54) is 6.92 Å². The number of benzene rings is 1. The molecular formula is C11H13NO2. The molecule has 74 valence electrons. The number of carbonyl (C=O) groups excluding carboxylic acids is 2. The van der Waals surface area contributed by atoms with E-state index in [0.717, 1.165) is 5.56 Å². The van der Waals surface area contributed by atoms with Crippen molar-refractivity contribution in [3.05, 3.63) is 35.4 Å². The maximum Gasteiger partial charge on any atom is 0.217 e. The molecule has 3 heteroatoms. The number of rotatable bonds is 3. The van der Waals surface area contributed by atoms with Crippen molar-refractivity contribution in [2.45, 2.75) is 13.8 Å². The Labute approximate surface area is 83.1 Å². The van der Waals surface area contributed by atoms with Crippen LogP contribution < -0.4 is 5.32 Å². The molecule has 0 atom stereocenters. The first-order valence-corrected chi connectivity index (χ1v) is 4.44. The molecule has 3 nitrogen and oxygen atoms in total. The second-order valence-corrected chi connectivity index (χ2v) is 3.20. The molecule has 0 saturated carbocycles. The van der Waals surface area contributed by atoms with E-state index < -0.39 is 0 Å². The van der Waals surface area contributed by atoms with Crippen molar-refractivity contribution < 1.29 is 9.59 Å². The number of ketones is 1. The summed E-state index contributed by atoms with van der Waals surface area (Å²) in [5.74, 6) is -0.259. The van der Waals surface area contributed by atoms with Gasteiger partial charge in [-0.2, -0.15) is 0 Å². The van der Waals surface area contributed by atoms with Crippen LogP contribution in [-0.2, 0) is 4.79 Å². The number of Topliss-reactive ketones (excluding diaryl/α,β-unsaturated/α-hetero) is 1. The zero-order valence-electron chi connectivity index (χ0n) is 8.33. The standard InChI is InChI=1S/C11H13NO2/c1-8-3-5-10(6-4-8)11(14)7-12-9(2)13/h3-6H,7H2,1-2H3,(H,12,13). The van der Waals surface area contributed by atoms with E-state index in [4.69, 9.17) is 0 Å². The fraction of sp³-hybridized carbons (Fsp3) is 0.273. The number of aryl methyl sites for hydroxylation is 1. The van der Waals surface area contributed by atoms with Gasteiger partial charge in [-0.15, -0.1) is 0 Å². The molecule has 1 aromatic rings. The van der Waals surface area contributed by atoms with E-state index in [1.54, 1.807) is 12.1 Å². The van der Waals surface area contributed by atoms with Gasteiger partial charge in [0.25, 0.3) is 0 Å². The van der Waals surface area contributed by atoms with Gasteiger partial charge in [-0.05, 0) is 6.92 Å². The quantitative estimate of drug-likeness (QED) is 0.732. The Morgan fingerprint density at radius 2 is 1.79 bits per heavy atom. The van der Waals surface area contributed by atoms with E-state index in [-0.39, 0.29) is 18.2 Å². The molecule has 0 heterocycles. The second kappa shape index (κ2) is 4.56. The average molecular weight is 191 g/mol. The first kappa shape index (κ1) is 10.4. The molecule has 0 aliphatic heterocycles. The van der Waals surface area contributed by atoms with Crippen molar-refractivity contribution in [3.8, 4) is 0 Å². The minimum absolute atomic E-state index is 0.0679. The van der Waals surface area contributed by atoms with Gasteiger partial charge in [0.15, 0.2) is 5.78 Å². The van der Waals surface area contributed by atoms with Gasteiger partial charge in [0.2, 0.25) is 5.91 Å². The number of nitrogens with one attached hydrogen (secondary N) is 1. The molecule has 0 radical (unpaired) electrons. The van der Waals surface area contributed by atoms with Gasteiger partial charge < -0.3 is 5.32 Å². The summed E-state index contributed by atoms with van der Waals surface area (Å²) in [5.41, 5.74) is 1.74. The molecule has 1 N–H and O–H groups in total. The number of hydrogen-bond donors (Lipinski definition) is 1. The summed E-state index contributed by atoms with van der Waals surface area (Å²) in [6, 6.07) is 7.28. The van der Waals surface area contributed by atoms with Crippen molar-refractivity contribution in [3.63, 3.8) is 0 Å². The topological polar surface area (TPSA) is 46.2 Å². The van der Waals surface area contributed by atoms with Crippen molar-refractivity contribution >= 4 is 11.7 Å². The smallest absolute Gasteiger partial charge is 0.217 e. The maximum atomic E-state index is 11.4. The number of carbonyl (C=O) groups is 2. The van der Waals surface area contributed by atoms with Gasteiger partial charge >= 0.3 is 0 Å². The van der Waals surface area contributed by atoms with Crippen molar-refractivity contribution in [1.82, 2.24) is 5.32 Å². The molecule has 0 aliphatic carbocycles. The first-order valence-electron chi connectivity index (χ1n) is 4.44. The molecule has 14 heavy (non-hydrogen) atoms. The van der Waals surface area contributed by atoms with Gasteiger partial charge in [0.1, 0.15) is 0 Å². The van der Waals surface area contributed by atoms with Crippen LogP contribution in [0.4, 0.5) is 0 Å². The molecule has 0 unspecified atom stereocenters. The summed E-state index contributed by atoms with van der Waals surface area (Å²) in [6.07, 6.45) is 0. The Morgan fingerprint density at radius 3 is 2.29 bits per heavy atom. The lowest BCUT2D eigenvalue weighted by atomic mass is 10.1. The summed E-state index contributed by atoms with van der Waals surface area (Å²) in [6.45, 7) is 3.42. The van der Waals surface area contributed by atoms with Crippen LogP contribution >= 0.6 is 0 Å². The molecule has 0 aliphatic rings.